The third-order valence-corrected chi connectivity index (χ3v) is 5.24. The Labute approximate surface area is 153 Å². The van der Waals surface area contributed by atoms with Gasteiger partial charge >= 0.3 is 0 Å². The van der Waals surface area contributed by atoms with E-state index in [1.807, 2.05) is 13.8 Å². The fourth-order valence-electron chi connectivity index (χ4n) is 3.29. The van der Waals surface area contributed by atoms with Gasteiger partial charge in [-0.2, -0.15) is 0 Å². The van der Waals surface area contributed by atoms with E-state index in [0.29, 0.717) is 39.8 Å². The van der Waals surface area contributed by atoms with Gasteiger partial charge in [0, 0.05) is 17.5 Å². The lowest BCUT2D eigenvalue weighted by atomic mass is 9.80. The normalized spacial score (nSPS) is 18.6. The second kappa shape index (κ2) is 7.07. The minimum atomic E-state index is -0.483. The van der Waals surface area contributed by atoms with Crippen LogP contribution in [0.15, 0.2) is 38.9 Å². The van der Waals surface area contributed by atoms with Crippen molar-refractivity contribution in [2.45, 2.75) is 45.1 Å². The summed E-state index contributed by atoms with van der Waals surface area (Å²) in [5.74, 6) is -0.844. The smallest absolute Gasteiger partial charge is 0.257 e. The fraction of sp³-hybridized carbons (Fsp3) is 0.389. The number of benzene rings is 1. The van der Waals surface area contributed by atoms with Gasteiger partial charge < -0.3 is 5.21 Å². The highest BCUT2D eigenvalue weighted by atomic mass is 79.9. The fourth-order valence-corrected chi connectivity index (χ4v) is 3.69. The number of oxime groups is 1. The van der Waals surface area contributed by atoms with Crippen LogP contribution in [0.3, 0.4) is 0 Å². The van der Waals surface area contributed by atoms with Gasteiger partial charge in [0.05, 0.1) is 22.2 Å². The van der Waals surface area contributed by atoms with E-state index in [1.165, 1.54) is 0 Å². The Balaban J connectivity index is 2.14. The van der Waals surface area contributed by atoms with Crippen LogP contribution < -0.4 is 5.56 Å². The number of hydrogen-bond donors (Lipinski definition) is 1. The summed E-state index contributed by atoms with van der Waals surface area (Å²) >= 11 is 3.19. The minimum absolute atomic E-state index is 0.0370. The number of halogens is 2. The molecule has 0 radical (unpaired) electrons. The highest BCUT2D eigenvalue weighted by molar-refractivity contribution is 9.10. The number of rotatable bonds is 3. The van der Waals surface area contributed by atoms with E-state index in [0.717, 1.165) is 0 Å². The Morgan fingerprint density at radius 3 is 2.88 bits per heavy atom. The molecule has 1 aromatic heterocycles. The molecule has 1 atom stereocenters. The first kappa shape index (κ1) is 17.8. The molecule has 1 aliphatic carbocycles. The van der Waals surface area contributed by atoms with Crippen molar-refractivity contribution in [2.75, 3.05) is 0 Å². The van der Waals surface area contributed by atoms with Crippen molar-refractivity contribution in [1.29, 1.82) is 0 Å². The van der Waals surface area contributed by atoms with E-state index in [4.69, 9.17) is 0 Å². The molecule has 1 heterocycles. The van der Waals surface area contributed by atoms with Crippen LogP contribution in [0.5, 0.6) is 0 Å². The van der Waals surface area contributed by atoms with E-state index in [-0.39, 0.29) is 23.8 Å². The van der Waals surface area contributed by atoms with Gasteiger partial charge in [0.25, 0.3) is 5.56 Å². The molecule has 1 unspecified atom stereocenters. The number of hydrogen-bond acceptors (Lipinski definition) is 4. The van der Waals surface area contributed by atoms with Crippen molar-refractivity contribution >= 4 is 21.6 Å². The van der Waals surface area contributed by atoms with Gasteiger partial charge in [0.15, 0.2) is 0 Å². The topological polar surface area (TPSA) is 67.5 Å². The van der Waals surface area contributed by atoms with Gasteiger partial charge in [0.2, 0.25) is 0 Å². The maximum Gasteiger partial charge on any atom is 0.257 e. The lowest BCUT2D eigenvalue weighted by molar-refractivity contribution is 0.314. The second-order valence-electron chi connectivity index (χ2n) is 6.47. The van der Waals surface area contributed by atoms with Crippen molar-refractivity contribution in [3.8, 4) is 0 Å². The van der Waals surface area contributed by atoms with Crippen molar-refractivity contribution in [3.05, 3.63) is 62.0 Å². The Kier molecular flexibility index (Phi) is 5.03. The number of aromatic nitrogens is 2. The molecule has 5 nitrogen and oxygen atoms in total. The Morgan fingerprint density at radius 1 is 1.44 bits per heavy atom. The summed E-state index contributed by atoms with van der Waals surface area (Å²) in [6.07, 6.45) is 2.85. The first-order chi connectivity index (χ1) is 11.9. The van der Waals surface area contributed by atoms with Gasteiger partial charge in [-0.15, -0.1) is 0 Å². The minimum Gasteiger partial charge on any atom is -0.411 e. The van der Waals surface area contributed by atoms with E-state index in [1.54, 1.807) is 29.1 Å². The SMILES string of the molecule is CC(C)n1cnc2c(c1=O)C(Cc1cccc(Br)c1F)/C(=N/O)CC2. The van der Waals surface area contributed by atoms with Crippen LogP contribution in [0, 0.1) is 5.82 Å². The standard InChI is InChI=1S/C18H19BrFN3O2/c1-10(2)23-9-21-15-7-6-14(22-25)12(16(15)18(23)24)8-11-4-3-5-13(19)17(11)20/h3-5,9-10,12,25H,6-8H2,1-2H3/b22-14+. The number of aryl methyl sites for hydroxylation is 1. The average Bonchev–Trinajstić information content (AvgIpc) is 2.59. The lowest BCUT2D eigenvalue weighted by Crippen LogP contribution is -2.35. The molecule has 1 N–H and O–H groups in total. The lowest BCUT2D eigenvalue weighted by Gasteiger charge is -2.26. The Bertz CT molecular complexity index is 892. The van der Waals surface area contributed by atoms with Crippen molar-refractivity contribution in [2.24, 2.45) is 5.16 Å². The summed E-state index contributed by atoms with van der Waals surface area (Å²) in [5.41, 5.74) is 2.02. The Morgan fingerprint density at radius 2 is 2.20 bits per heavy atom. The monoisotopic (exact) mass is 407 g/mol. The van der Waals surface area contributed by atoms with Gasteiger partial charge in [-0.1, -0.05) is 17.3 Å². The summed E-state index contributed by atoms with van der Waals surface area (Å²) in [5, 5.41) is 12.8. The molecule has 1 aliphatic rings. The van der Waals surface area contributed by atoms with Crippen LogP contribution in [-0.4, -0.2) is 20.5 Å². The summed E-state index contributed by atoms with van der Waals surface area (Å²) in [6, 6.07) is 5.02. The van der Waals surface area contributed by atoms with E-state index >= 15 is 0 Å². The van der Waals surface area contributed by atoms with Crippen molar-refractivity contribution in [3.63, 3.8) is 0 Å². The average molecular weight is 408 g/mol. The first-order valence-corrected chi connectivity index (χ1v) is 8.97. The summed E-state index contributed by atoms with van der Waals surface area (Å²) in [4.78, 5) is 17.4. The molecule has 0 aliphatic heterocycles. The quantitative estimate of drug-likeness (QED) is 0.620. The maximum atomic E-state index is 14.4. The number of fused-ring (bicyclic) bond motifs is 1. The number of nitrogens with zero attached hydrogens (tertiary/aromatic N) is 3. The molecular formula is C18H19BrFN3O2. The van der Waals surface area contributed by atoms with Gasteiger partial charge in [0.1, 0.15) is 5.82 Å². The van der Waals surface area contributed by atoms with Gasteiger partial charge in [-0.25, -0.2) is 9.37 Å². The van der Waals surface area contributed by atoms with E-state index in [9.17, 15) is 14.4 Å². The zero-order valence-corrected chi connectivity index (χ0v) is 15.6. The Hall–Kier alpha value is -2.02. The molecule has 2 aromatic rings. The molecule has 1 aromatic carbocycles. The zero-order valence-electron chi connectivity index (χ0n) is 14.0. The van der Waals surface area contributed by atoms with Crippen LogP contribution in [0.1, 0.15) is 49.0 Å². The molecule has 7 heteroatoms. The third-order valence-electron chi connectivity index (χ3n) is 4.62. The largest absolute Gasteiger partial charge is 0.411 e. The highest BCUT2D eigenvalue weighted by Crippen LogP contribution is 2.31. The predicted molar refractivity (Wildman–Crippen MR) is 97.0 cm³/mol. The van der Waals surface area contributed by atoms with Crippen LogP contribution >= 0.6 is 15.9 Å². The van der Waals surface area contributed by atoms with E-state index < -0.39 is 5.92 Å². The van der Waals surface area contributed by atoms with Crippen molar-refractivity contribution < 1.29 is 9.60 Å². The molecule has 3 rings (SSSR count). The summed E-state index contributed by atoms with van der Waals surface area (Å²) in [6.45, 7) is 3.81. The zero-order chi connectivity index (χ0) is 18.1. The molecule has 0 amide bonds. The molecule has 0 spiro atoms. The third kappa shape index (κ3) is 3.25. The van der Waals surface area contributed by atoms with Crippen LogP contribution in [0.4, 0.5) is 4.39 Å². The molecular weight excluding hydrogens is 389 g/mol. The van der Waals surface area contributed by atoms with Crippen LogP contribution in [-0.2, 0) is 12.8 Å². The van der Waals surface area contributed by atoms with Gasteiger partial charge in [-0.05, 0) is 60.7 Å². The molecule has 0 fully saturated rings. The highest BCUT2D eigenvalue weighted by Gasteiger charge is 2.32. The van der Waals surface area contributed by atoms with Crippen LogP contribution in [0.25, 0.3) is 0 Å². The molecule has 25 heavy (non-hydrogen) atoms. The summed E-state index contributed by atoms with van der Waals surface area (Å²) < 4.78 is 16.4. The second-order valence-corrected chi connectivity index (χ2v) is 7.33. The van der Waals surface area contributed by atoms with Gasteiger partial charge in [-0.3, -0.25) is 9.36 Å². The van der Waals surface area contributed by atoms with Crippen LogP contribution in [0.2, 0.25) is 0 Å². The predicted octanol–water partition coefficient (Wildman–Crippen LogP) is 3.83. The molecule has 0 saturated heterocycles. The molecule has 132 valence electrons. The molecule has 0 saturated carbocycles. The first-order valence-electron chi connectivity index (χ1n) is 8.17. The van der Waals surface area contributed by atoms with Crippen molar-refractivity contribution in [1.82, 2.24) is 9.55 Å². The van der Waals surface area contributed by atoms with E-state index in [2.05, 4.69) is 26.1 Å². The summed E-state index contributed by atoms with van der Waals surface area (Å²) in [7, 11) is 0. The maximum absolute atomic E-state index is 14.4. The molecule has 0 bridgehead atoms.